The average molecular weight is 289 g/mol. The van der Waals surface area contributed by atoms with Crippen LogP contribution in [0.2, 0.25) is 0 Å². The molecular weight excluding hydrogens is 270 g/mol. The first-order chi connectivity index (χ1) is 10.1. The number of aliphatic hydroxyl groups excluding tert-OH is 1. The number of carbonyl (C=O) groups is 1. The Kier molecular flexibility index (Phi) is 5.00. The van der Waals surface area contributed by atoms with Gasteiger partial charge in [-0.25, -0.2) is 0 Å². The summed E-state index contributed by atoms with van der Waals surface area (Å²) in [6, 6.07) is 10.7. The maximum atomic E-state index is 12.0. The van der Waals surface area contributed by atoms with Gasteiger partial charge in [-0.3, -0.25) is 4.79 Å². The van der Waals surface area contributed by atoms with Gasteiger partial charge in [0.2, 0.25) is 0 Å². The van der Waals surface area contributed by atoms with E-state index in [9.17, 15) is 9.90 Å². The summed E-state index contributed by atoms with van der Waals surface area (Å²) in [7, 11) is 0. The Morgan fingerprint density at radius 2 is 2.05 bits per heavy atom. The fraction of sp³-hybridized carbons (Fsp3) is 0.312. The second-order valence-corrected chi connectivity index (χ2v) is 4.77. The minimum atomic E-state index is -0.667. The zero-order chi connectivity index (χ0) is 15.2. The van der Waals surface area contributed by atoms with Crippen molar-refractivity contribution in [2.75, 3.05) is 0 Å². The second-order valence-electron chi connectivity index (χ2n) is 4.77. The van der Waals surface area contributed by atoms with Crippen molar-refractivity contribution in [2.45, 2.75) is 32.6 Å². The summed E-state index contributed by atoms with van der Waals surface area (Å²) in [5.41, 5.74) is 0.656. The first-order valence-electron chi connectivity index (χ1n) is 6.81. The maximum Gasteiger partial charge on any atom is 0.261 e. The number of hydrogen-bond acceptors (Lipinski definition) is 4. The molecular formula is C16H19NO4. The van der Waals surface area contributed by atoms with E-state index < -0.39 is 12.2 Å². The van der Waals surface area contributed by atoms with E-state index in [1.807, 2.05) is 6.07 Å². The van der Waals surface area contributed by atoms with Crippen molar-refractivity contribution in [1.29, 1.82) is 0 Å². The molecule has 2 atom stereocenters. The lowest BCUT2D eigenvalue weighted by Gasteiger charge is -2.18. The topological polar surface area (TPSA) is 71.7 Å². The van der Waals surface area contributed by atoms with Gasteiger partial charge in [-0.2, -0.15) is 0 Å². The molecule has 0 radical (unpaired) electrons. The van der Waals surface area contributed by atoms with Crippen molar-refractivity contribution in [3.8, 4) is 5.75 Å². The zero-order valence-electron chi connectivity index (χ0n) is 12.1. The summed E-state index contributed by atoms with van der Waals surface area (Å²) in [5, 5.41) is 12.4. The smallest absolute Gasteiger partial charge is 0.261 e. The molecule has 2 aromatic rings. The number of aliphatic hydroxyl groups is 1. The molecule has 0 bridgehead atoms. The maximum absolute atomic E-state index is 12.0. The van der Waals surface area contributed by atoms with Gasteiger partial charge in [0.05, 0.1) is 18.9 Å². The summed E-state index contributed by atoms with van der Waals surface area (Å²) in [4.78, 5) is 12.0. The molecule has 1 unspecified atom stereocenters. The van der Waals surface area contributed by atoms with E-state index in [4.69, 9.17) is 9.15 Å². The molecule has 2 rings (SSSR count). The molecule has 112 valence electrons. The third-order valence-electron chi connectivity index (χ3n) is 3.06. The van der Waals surface area contributed by atoms with Crippen molar-refractivity contribution in [3.05, 3.63) is 54.0 Å². The van der Waals surface area contributed by atoms with Gasteiger partial charge in [-0.05, 0) is 32.0 Å². The number of furan rings is 1. The molecule has 0 aliphatic carbocycles. The predicted molar refractivity (Wildman–Crippen MR) is 77.7 cm³/mol. The van der Waals surface area contributed by atoms with E-state index in [-0.39, 0.29) is 5.91 Å². The van der Waals surface area contributed by atoms with Crippen molar-refractivity contribution in [1.82, 2.24) is 5.32 Å². The zero-order valence-corrected chi connectivity index (χ0v) is 12.1. The Bertz CT molecular complexity index is 578. The lowest BCUT2D eigenvalue weighted by Crippen LogP contribution is -2.36. The molecule has 5 nitrogen and oxygen atoms in total. The molecule has 1 aromatic heterocycles. The summed E-state index contributed by atoms with van der Waals surface area (Å²) < 4.78 is 10.8. The summed E-state index contributed by atoms with van der Waals surface area (Å²) in [6.45, 7) is 3.64. The molecule has 0 saturated heterocycles. The highest BCUT2D eigenvalue weighted by Gasteiger charge is 2.17. The van der Waals surface area contributed by atoms with Crippen LogP contribution in [0.15, 0.2) is 47.1 Å². The van der Waals surface area contributed by atoms with Crippen LogP contribution < -0.4 is 10.1 Å². The predicted octanol–water partition coefficient (Wildman–Crippen LogP) is 2.42. The van der Waals surface area contributed by atoms with E-state index in [1.54, 1.807) is 50.4 Å². The van der Waals surface area contributed by atoms with Crippen LogP contribution in [-0.4, -0.2) is 17.1 Å². The van der Waals surface area contributed by atoms with E-state index in [0.29, 0.717) is 23.6 Å². The largest absolute Gasteiger partial charge is 0.481 e. The molecule has 0 spiro atoms. The fourth-order valence-electron chi connectivity index (χ4n) is 1.91. The van der Waals surface area contributed by atoms with Gasteiger partial charge in [0.25, 0.3) is 5.91 Å². The van der Waals surface area contributed by atoms with Crippen LogP contribution in [0.25, 0.3) is 0 Å². The molecule has 0 fully saturated rings. The highest BCUT2D eigenvalue weighted by atomic mass is 16.5. The van der Waals surface area contributed by atoms with Crippen LogP contribution in [0.5, 0.6) is 5.75 Å². The number of carbonyl (C=O) groups excluding carboxylic acids is 1. The first-order valence-corrected chi connectivity index (χ1v) is 6.81. The average Bonchev–Trinajstić information content (AvgIpc) is 2.98. The number of rotatable bonds is 6. The van der Waals surface area contributed by atoms with Crippen LogP contribution >= 0.6 is 0 Å². The third kappa shape index (κ3) is 4.10. The number of nitrogens with one attached hydrogen (secondary N) is 1. The second kappa shape index (κ2) is 6.95. The van der Waals surface area contributed by atoms with Gasteiger partial charge in [-0.15, -0.1) is 0 Å². The van der Waals surface area contributed by atoms with Crippen molar-refractivity contribution < 1.29 is 19.1 Å². The summed E-state index contributed by atoms with van der Waals surface area (Å²) in [6.07, 6.45) is 0.236. The van der Waals surface area contributed by atoms with Crippen LogP contribution in [-0.2, 0) is 11.3 Å². The standard InChI is InChI=1S/C16H19NO4/c1-11(18)14-7-3-4-8-15(14)21-12(2)16(19)17-10-13-6-5-9-20-13/h3-9,11-12,18H,10H2,1-2H3,(H,17,19)/t11-,12?/m1/s1. The van der Waals surface area contributed by atoms with Crippen LogP contribution in [0, 0.1) is 0 Å². The Morgan fingerprint density at radius 1 is 1.29 bits per heavy atom. The van der Waals surface area contributed by atoms with Gasteiger partial charge in [0, 0.05) is 5.56 Å². The van der Waals surface area contributed by atoms with Crippen LogP contribution in [0.4, 0.5) is 0 Å². The van der Waals surface area contributed by atoms with E-state index in [2.05, 4.69) is 5.32 Å². The molecule has 0 aliphatic heterocycles. The normalized spacial score (nSPS) is 13.5. The number of ether oxygens (including phenoxy) is 1. The minimum Gasteiger partial charge on any atom is -0.481 e. The highest BCUT2D eigenvalue weighted by molar-refractivity contribution is 5.80. The van der Waals surface area contributed by atoms with Crippen LogP contribution in [0.3, 0.4) is 0 Å². The Balaban J connectivity index is 1.94. The van der Waals surface area contributed by atoms with E-state index in [0.717, 1.165) is 0 Å². The molecule has 2 N–H and O–H groups in total. The van der Waals surface area contributed by atoms with Crippen molar-refractivity contribution in [3.63, 3.8) is 0 Å². The Labute approximate surface area is 123 Å². The lowest BCUT2D eigenvalue weighted by molar-refractivity contribution is -0.127. The SMILES string of the molecule is CC(Oc1ccccc1[C@@H](C)O)C(=O)NCc1ccco1. The lowest BCUT2D eigenvalue weighted by atomic mass is 10.1. The monoisotopic (exact) mass is 289 g/mol. The Hall–Kier alpha value is -2.27. The number of amides is 1. The van der Waals surface area contributed by atoms with Gasteiger partial charge in [0.1, 0.15) is 11.5 Å². The molecule has 5 heteroatoms. The molecule has 1 heterocycles. The summed E-state index contributed by atoms with van der Waals surface area (Å²) >= 11 is 0. The summed E-state index contributed by atoms with van der Waals surface area (Å²) in [5.74, 6) is 0.944. The van der Waals surface area contributed by atoms with Gasteiger partial charge < -0.3 is 19.6 Å². The molecule has 21 heavy (non-hydrogen) atoms. The van der Waals surface area contributed by atoms with Gasteiger partial charge >= 0.3 is 0 Å². The number of para-hydroxylation sites is 1. The first kappa shape index (κ1) is 15.1. The van der Waals surface area contributed by atoms with E-state index in [1.165, 1.54) is 0 Å². The molecule has 1 amide bonds. The number of benzene rings is 1. The van der Waals surface area contributed by atoms with Crippen molar-refractivity contribution in [2.24, 2.45) is 0 Å². The third-order valence-corrected chi connectivity index (χ3v) is 3.06. The van der Waals surface area contributed by atoms with Gasteiger partial charge in [-0.1, -0.05) is 18.2 Å². The van der Waals surface area contributed by atoms with Crippen molar-refractivity contribution >= 4 is 5.91 Å². The number of hydrogen-bond donors (Lipinski definition) is 2. The Morgan fingerprint density at radius 3 is 2.71 bits per heavy atom. The van der Waals surface area contributed by atoms with Gasteiger partial charge in [0.15, 0.2) is 6.10 Å². The van der Waals surface area contributed by atoms with Crippen LogP contribution in [0.1, 0.15) is 31.3 Å². The minimum absolute atomic E-state index is 0.244. The van der Waals surface area contributed by atoms with E-state index >= 15 is 0 Å². The fourth-order valence-corrected chi connectivity index (χ4v) is 1.91. The molecule has 0 aliphatic rings. The highest BCUT2D eigenvalue weighted by Crippen LogP contribution is 2.25. The molecule has 1 aromatic carbocycles. The quantitative estimate of drug-likeness (QED) is 0.856. The molecule has 0 saturated carbocycles.